The van der Waals surface area contributed by atoms with Crippen LogP contribution in [0.2, 0.25) is 0 Å². The lowest BCUT2D eigenvalue weighted by molar-refractivity contribution is -0.197. The molecule has 0 radical (unpaired) electrons. The lowest BCUT2D eigenvalue weighted by atomic mass is 10.0. The first-order valence-electron chi connectivity index (χ1n) is 10.1. The number of nitrogens with zero attached hydrogens (tertiary/aromatic N) is 1. The number of unbranched alkanes of at least 4 members (excludes halogenated alkanes) is 10. The summed E-state index contributed by atoms with van der Waals surface area (Å²) >= 11 is 0. The van der Waals surface area contributed by atoms with Crippen LogP contribution in [0.4, 0.5) is 0 Å². The lowest BCUT2D eigenvalue weighted by Gasteiger charge is -2.12. The summed E-state index contributed by atoms with van der Waals surface area (Å²) < 4.78 is 0. The van der Waals surface area contributed by atoms with Crippen LogP contribution in [0.25, 0.3) is 0 Å². The number of imide groups is 1. The highest BCUT2D eigenvalue weighted by molar-refractivity contribution is 6.02. The molecule has 1 aliphatic rings. The molecule has 0 spiro atoms. The molecule has 0 aromatic rings. The van der Waals surface area contributed by atoms with Crippen LogP contribution in [-0.2, 0) is 24.0 Å². The zero-order valence-corrected chi connectivity index (χ0v) is 16.1. The van der Waals surface area contributed by atoms with Gasteiger partial charge in [0.05, 0.1) is 0 Å². The molecule has 26 heavy (non-hydrogen) atoms. The maximum absolute atomic E-state index is 11.8. The van der Waals surface area contributed by atoms with E-state index in [0.717, 1.165) is 19.3 Å². The molecule has 1 rings (SSSR count). The first-order valence-corrected chi connectivity index (χ1v) is 10.1. The van der Waals surface area contributed by atoms with Crippen molar-refractivity contribution in [1.82, 2.24) is 5.06 Å². The van der Waals surface area contributed by atoms with Gasteiger partial charge in [-0.15, -0.1) is 5.06 Å². The zero-order chi connectivity index (χ0) is 19.2. The molecule has 2 amide bonds. The number of rotatable bonds is 15. The number of amides is 2. The predicted octanol–water partition coefficient (Wildman–Crippen LogP) is 4.25. The van der Waals surface area contributed by atoms with Crippen molar-refractivity contribution in [3.63, 3.8) is 0 Å². The second-order valence-corrected chi connectivity index (χ2v) is 7.05. The quantitative estimate of drug-likeness (QED) is 0.245. The van der Waals surface area contributed by atoms with E-state index in [2.05, 4.69) is 11.8 Å². The Morgan fingerprint density at radius 3 is 1.77 bits per heavy atom. The van der Waals surface area contributed by atoms with Gasteiger partial charge in [-0.2, -0.15) is 0 Å². The van der Waals surface area contributed by atoms with Gasteiger partial charge in [0.15, 0.2) is 0 Å². The Balaban J connectivity index is 1.96. The molecule has 1 saturated heterocycles. The number of hydrogen-bond donors (Lipinski definition) is 0. The number of hydroxylamine groups is 2. The molecular weight excluding hydrogens is 334 g/mol. The lowest BCUT2D eigenvalue weighted by Crippen LogP contribution is -2.32. The van der Waals surface area contributed by atoms with Crippen LogP contribution in [0.5, 0.6) is 0 Å². The van der Waals surface area contributed by atoms with Crippen molar-refractivity contribution >= 4 is 23.6 Å². The minimum atomic E-state index is -0.832. The topological polar surface area (TPSA) is 80.8 Å². The van der Waals surface area contributed by atoms with Crippen molar-refractivity contribution in [3.05, 3.63) is 0 Å². The van der Waals surface area contributed by atoms with Crippen molar-refractivity contribution in [1.29, 1.82) is 0 Å². The van der Waals surface area contributed by atoms with Gasteiger partial charge in [0, 0.05) is 19.3 Å². The fourth-order valence-electron chi connectivity index (χ4n) is 3.03. The summed E-state index contributed by atoms with van der Waals surface area (Å²) in [5, 5.41) is 0.484. The van der Waals surface area contributed by atoms with Gasteiger partial charge in [-0.1, -0.05) is 71.1 Å². The first-order chi connectivity index (χ1) is 12.5. The number of carbonyl (C=O) groups excluding carboxylic acids is 4. The molecule has 0 bridgehead atoms. The van der Waals surface area contributed by atoms with Gasteiger partial charge in [0.1, 0.15) is 12.2 Å². The smallest absolute Gasteiger partial charge is 0.330 e. The van der Waals surface area contributed by atoms with Gasteiger partial charge in [-0.05, 0) is 6.42 Å². The first kappa shape index (κ1) is 22.3. The largest absolute Gasteiger partial charge is 0.340 e. The third kappa shape index (κ3) is 9.68. The van der Waals surface area contributed by atoms with E-state index in [1.54, 1.807) is 0 Å². The van der Waals surface area contributed by atoms with Gasteiger partial charge in [-0.25, -0.2) is 4.79 Å². The van der Waals surface area contributed by atoms with Crippen LogP contribution in [-0.4, -0.2) is 28.6 Å². The molecule has 148 valence electrons. The molecule has 0 unspecified atom stereocenters. The van der Waals surface area contributed by atoms with Crippen molar-refractivity contribution in [2.45, 2.75) is 103 Å². The van der Waals surface area contributed by atoms with Crippen molar-refractivity contribution < 1.29 is 24.0 Å². The normalized spacial score (nSPS) is 14.1. The molecule has 6 nitrogen and oxygen atoms in total. The number of carbonyl (C=O) groups is 4. The van der Waals surface area contributed by atoms with E-state index < -0.39 is 17.8 Å². The summed E-state index contributed by atoms with van der Waals surface area (Å²) in [6.07, 6.45) is 13.3. The van der Waals surface area contributed by atoms with Crippen LogP contribution < -0.4 is 0 Å². The Morgan fingerprint density at radius 2 is 1.27 bits per heavy atom. The molecule has 0 saturated carbocycles. The Morgan fingerprint density at radius 1 is 0.808 bits per heavy atom. The minimum absolute atomic E-state index is 0.0544. The van der Waals surface area contributed by atoms with Crippen molar-refractivity contribution in [2.75, 3.05) is 0 Å². The summed E-state index contributed by atoms with van der Waals surface area (Å²) in [7, 11) is 0. The van der Waals surface area contributed by atoms with E-state index in [1.807, 2.05) is 0 Å². The Kier molecular flexibility index (Phi) is 11.6. The van der Waals surface area contributed by atoms with Crippen LogP contribution in [0.3, 0.4) is 0 Å². The highest BCUT2D eigenvalue weighted by Gasteiger charge is 2.33. The minimum Gasteiger partial charge on any atom is -0.330 e. The maximum atomic E-state index is 11.8. The molecule has 6 heteroatoms. The summed E-state index contributed by atoms with van der Waals surface area (Å²) in [6, 6.07) is 0. The molecule has 0 aromatic heterocycles. The molecule has 1 fully saturated rings. The van der Waals surface area contributed by atoms with Crippen LogP contribution >= 0.6 is 0 Å². The van der Waals surface area contributed by atoms with Gasteiger partial charge in [0.25, 0.3) is 11.8 Å². The summed E-state index contributed by atoms with van der Waals surface area (Å²) in [5.74, 6) is -2.09. The van der Waals surface area contributed by atoms with Gasteiger partial charge in [-0.3, -0.25) is 14.4 Å². The summed E-state index contributed by atoms with van der Waals surface area (Å²) in [6.45, 7) is 2.23. The van der Waals surface area contributed by atoms with Gasteiger partial charge < -0.3 is 4.84 Å². The van der Waals surface area contributed by atoms with Crippen LogP contribution in [0, 0.1) is 0 Å². The number of Topliss-reactive ketones (excluding diaryl/α,β-unsaturated/α-hetero) is 1. The molecule has 0 aliphatic carbocycles. The van der Waals surface area contributed by atoms with Crippen LogP contribution in [0.1, 0.15) is 103 Å². The SMILES string of the molecule is CCCCCCCCCCCCCC(=O)CC(=O)ON1C(=O)CCC1=O. The summed E-state index contributed by atoms with van der Waals surface area (Å²) in [5.41, 5.74) is 0. The van der Waals surface area contributed by atoms with E-state index in [9.17, 15) is 19.2 Å². The second kappa shape index (κ2) is 13.5. The zero-order valence-electron chi connectivity index (χ0n) is 16.1. The monoisotopic (exact) mass is 367 g/mol. The van der Waals surface area contributed by atoms with E-state index in [1.165, 1.54) is 51.4 Å². The van der Waals surface area contributed by atoms with E-state index in [4.69, 9.17) is 0 Å². The second-order valence-electron chi connectivity index (χ2n) is 7.05. The highest BCUT2D eigenvalue weighted by Crippen LogP contribution is 2.14. The predicted molar refractivity (Wildman–Crippen MR) is 97.9 cm³/mol. The van der Waals surface area contributed by atoms with E-state index in [-0.39, 0.29) is 25.0 Å². The maximum Gasteiger partial charge on any atom is 0.340 e. The van der Waals surface area contributed by atoms with E-state index in [0.29, 0.717) is 11.5 Å². The molecule has 1 heterocycles. The third-order valence-corrected chi connectivity index (χ3v) is 4.60. The molecular formula is C20H33NO5. The number of hydrogen-bond acceptors (Lipinski definition) is 5. The van der Waals surface area contributed by atoms with Crippen molar-refractivity contribution in [2.24, 2.45) is 0 Å². The fraction of sp³-hybridized carbons (Fsp3) is 0.800. The Labute approximate surface area is 156 Å². The van der Waals surface area contributed by atoms with Gasteiger partial charge in [0.2, 0.25) is 0 Å². The standard InChI is InChI=1S/C20H33NO5/c1-2-3-4-5-6-7-8-9-10-11-12-13-17(22)16-20(25)26-21-18(23)14-15-19(21)24/h2-16H2,1H3. The molecule has 0 aromatic carbocycles. The average molecular weight is 367 g/mol. The van der Waals surface area contributed by atoms with Gasteiger partial charge >= 0.3 is 5.97 Å². The number of ketones is 1. The molecule has 1 aliphatic heterocycles. The average Bonchev–Trinajstić information content (AvgIpc) is 2.91. The third-order valence-electron chi connectivity index (χ3n) is 4.60. The van der Waals surface area contributed by atoms with Crippen molar-refractivity contribution in [3.8, 4) is 0 Å². The summed E-state index contributed by atoms with van der Waals surface area (Å²) in [4.78, 5) is 50.7. The highest BCUT2D eigenvalue weighted by atomic mass is 16.7. The van der Waals surface area contributed by atoms with Crippen LogP contribution in [0.15, 0.2) is 0 Å². The molecule has 0 atom stereocenters. The Bertz CT molecular complexity index is 459. The molecule has 0 N–H and O–H groups in total. The Hall–Kier alpha value is -1.72. The fourth-order valence-corrected chi connectivity index (χ4v) is 3.03. The van der Waals surface area contributed by atoms with E-state index >= 15 is 0 Å².